The van der Waals surface area contributed by atoms with Gasteiger partial charge in [0.25, 0.3) is 0 Å². The third-order valence-electron chi connectivity index (χ3n) is 8.59. The zero-order valence-corrected chi connectivity index (χ0v) is 27.9. The zero-order valence-electron chi connectivity index (χ0n) is 25.6. The topological polar surface area (TPSA) is 54.0 Å². The minimum absolute atomic E-state index is 0. The Morgan fingerprint density at radius 2 is 0.829 bits per heavy atom. The number of rotatable bonds is 8. The Labute approximate surface area is 259 Å². The summed E-state index contributed by atoms with van der Waals surface area (Å²) in [5.74, 6) is 0. The summed E-state index contributed by atoms with van der Waals surface area (Å²) < 4.78 is 0. The average molecular weight is 726 g/mol. The van der Waals surface area contributed by atoms with Gasteiger partial charge in [0.2, 0.25) is 0 Å². The Morgan fingerprint density at radius 3 is 1.15 bits per heavy atom. The fourth-order valence-electron chi connectivity index (χ4n) is 6.70. The van der Waals surface area contributed by atoms with Gasteiger partial charge in [-0.3, -0.25) is 0 Å². The van der Waals surface area contributed by atoms with Gasteiger partial charge in [-0.15, -0.1) is 22.1 Å². The smallest absolute Gasteiger partial charge is 0.657 e. The Balaban J connectivity index is 0.00000387. The number of hydrogen-bond acceptors (Lipinski definition) is 2. The molecule has 0 unspecified atom stereocenters. The van der Waals surface area contributed by atoms with Crippen LogP contribution in [0.5, 0.6) is 0 Å². The summed E-state index contributed by atoms with van der Waals surface area (Å²) in [6, 6.07) is 8.82. The van der Waals surface area contributed by atoms with Crippen molar-refractivity contribution >= 4 is 50.4 Å². The largest absolute Gasteiger partial charge is 2.00 e. The molecule has 3 aromatic rings. The second-order valence-corrected chi connectivity index (χ2v) is 10.5. The Hall–Kier alpha value is -2.97. The van der Waals surface area contributed by atoms with Crippen molar-refractivity contribution in [3.05, 3.63) is 75.9 Å². The van der Waals surface area contributed by atoms with Gasteiger partial charge in [0.15, 0.2) is 0 Å². The first-order valence-electron chi connectivity index (χ1n) is 15.2. The summed E-state index contributed by atoms with van der Waals surface area (Å²) in [5.41, 5.74) is 18.3. The van der Waals surface area contributed by atoms with Gasteiger partial charge in [0.05, 0.1) is 22.8 Å². The maximum absolute atomic E-state index is 5.24. The van der Waals surface area contributed by atoms with Gasteiger partial charge in [-0.2, -0.15) is 0 Å². The second-order valence-electron chi connectivity index (χ2n) is 10.5. The van der Waals surface area contributed by atoms with Crippen LogP contribution < -0.4 is 9.97 Å². The molecule has 3 aromatic heterocycles. The van der Waals surface area contributed by atoms with Crippen molar-refractivity contribution in [3.63, 3.8) is 0 Å². The predicted octanol–water partition coefficient (Wildman–Crippen LogP) is 9.36. The van der Waals surface area contributed by atoms with Crippen LogP contribution in [0.1, 0.15) is 119 Å². The standard InChI is InChI=1S/C36H42N4.Pt/c1-9-21-22(10-2)30-18-32-25(13-5)26(14-6)34(39-32)20-36-28(16-8)27(15-7)35(40-36)19-33-24(12-4)23(11-3)31(38-33)17-29(21)37-30;/h9,17-20H,1,10-16H2,2-8H3;/q-2;+2. The molecule has 4 nitrogen and oxygen atoms in total. The molecule has 5 heteroatoms. The maximum Gasteiger partial charge on any atom is 2.00 e. The normalized spacial score (nSPS) is 13.1. The van der Waals surface area contributed by atoms with Crippen LogP contribution in [-0.2, 0) is 40.3 Å². The summed E-state index contributed by atoms with van der Waals surface area (Å²) in [6.45, 7) is 19.7. The molecule has 0 amide bonds. The molecule has 0 radical (unpaired) electrons. The number of aryl methyl sites for hydroxylation is 3. The van der Waals surface area contributed by atoms with Crippen LogP contribution in [-0.4, -0.2) is 9.97 Å². The van der Waals surface area contributed by atoms with Crippen LogP contribution in [0.2, 0.25) is 0 Å². The van der Waals surface area contributed by atoms with E-state index in [4.69, 9.17) is 19.9 Å². The van der Waals surface area contributed by atoms with E-state index in [0.717, 1.165) is 95.4 Å². The van der Waals surface area contributed by atoms with Crippen LogP contribution in [0.15, 0.2) is 30.8 Å². The van der Waals surface area contributed by atoms with E-state index in [1.807, 2.05) is 6.08 Å². The molecule has 0 saturated carbocycles. The first kappa shape index (κ1) is 31.0. The second kappa shape index (κ2) is 12.9. The number of aromatic nitrogens is 4. The van der Waals surface area contributed by atoms with Crippen LogP contribution in [0.25, 0.3) is 50.4 Å². The van der Waals surface area contributed by atoms with Crippen LogP contribution in [0, 0.1) is 0 Å². The van der Waals surface area contributed by atoms with E-state index in [1.165, 1.54) is 39.0 Å². The molecule has 5 rings (SSSR count). The quantitative estimate of drug-likeness (QED) is 0.232. The molecule has 5 heterocycles. The van der Waals surface area contributed by atoms with E-state index in [0.29, 0.717) is 0 Å². The van der Waals surface area contributed by atoms with E-state index >= 15 is 0 Å². The SMILES string of the molecule is C=Cc1c(CC)c2cc3nc(cc4[n-]c(cc5nc(cc1[n-]2)C(CC)=C5CC)c(CC)c4CC)C(CC)=C3CC.[Pt+2]. The number of nitrogens with zero attached hydrogens (tertiary/aromatic N) is 4. The summed E-state index contributed by atoms with van der Waals surface area (Å²) in [7, 11) is 0. The predicted molar refractivity (Wildman–Crippen MR) is 172 cm³/mol. The molecule has 8 bridgehead atoms. The minimum Gasteiger partial charge on any atom is -0.657 e. The van der Waals surface area contributed by atoms with E-state index in [1.54, 1.807) is 0 Å². The number of fused-ring (bicyclic) bond motifs is 8. The first-order chi connectivity index (χ1) is 19.5. The molecule has 0 N–H and O–H groups in total. The van der Waals surface area contributed by atoms with Gasteiger partial charge in [-0.05, 0) is 72.8 Å². The molecule has 0 spiro atoms. The van der Waals surface area contributed by atoms with Crippen LogP contribution in [0.3, 0.4) is 0 Å². The molecule has 0 aliphatic carbocycles. The summed E-state index contributed by atoms with van der Waals surface area (Å²) in [4.78, 5) is 20.9. The molecule has 2 aliphatic heterocycles. The van der Waals surface area contributed by atoms with E-state index in [2.05, 4.69) is 79.3 Å². The molecular weight excluding hydrogens is 684 g/mol. The molecule has 216 valence electrons. The molecule has 0 saturated heterocycles. The van der Waals surface area contributed by atoms with Crippen molar-refractivity contribution in [1.29, 1.82) is 0 Å². The molecular formula is C36H42N4Pt. The van der Waals surface area contributed by atoms with Crippen molar-refractivity contribution in [2.75, 3.05) is 0 Å². The first-order valence-corrected chi connectivity index (χ1v) is 15.2. The van der Waals surface area contributed by atoms with E-state index in [-0.39, 0.29) is 21.1 Å². The molecule has 0 atom stereocenters. The third-order valence-corrected chi connectivity index (χ3v) is 8.59. The summed E-state index contributed by atoms with van der Waals surface area (Å²) >= 11 is 0. The van der Waals surface area contributed by atoms with Crippen molar-refractivity contribution in [1.82, 2.24) is 19.9 Å². The van der Waals surface area contributed by atoms with Gasteiger partial charge < -0.3 is 9.97 Å². The van der Waals surface area contributed by atoms with Crippen LogP contribution >= 0.6 is 0 Å². The van der Waals surface area contributed by atoms with Crippen molar-refractivity contribution in [2.45, 2.75) is 93.4 Å². The number of allylic oxidation sites excluding steroid dienone is 4. The fraction of sp³-hybridized carbons (Fsp3) is 0.389. The molecule has 0 aromatic carbocycles. The average Bonchev–Trinajstić information content (AvgIpc) is 3.67. The maximum atomic E-state index is 5.24. The van der Waals surface area contributed by atoms with Crippen molar-refractivity contribution in [2.24, 2.45) is 0 Å². The van der Waals surface area contributed by atoms with Gasteiger partial charge in [0, 0.05) is 0 Å². The Kier molecular flexibility index (Phi) is 9.75. The zero-order chi connectivity index (χ0) is 28.6. The monoisotopic (exact) mass is 725 g/mol. The van der Waals surface area contributed by atoms with Crippen molar-refractivity contribution < 1.29 is 21.1 Å². The molecule has 41 heavy (non-hydrogen) atoms. The van der Waals surface area contributed by atoms with E-state index < -0.39 is 0 Å². The number of hydrogen-bond donors (Lipinski definition) is 0. The Bertz CT molecular complexity index is 1710. The van der Waals surface area contributed by atoms with E-state index in [9.17, 15) is 0 Å². The molecule has 0 fully saturated rings. The van der Waals surface area contributed by atoms with Gasteiger partial charge in [-0.1, -0.05) is 102 Å². The van der Waals surface area contributed by atoms with Crippen molar-refractivity contribution in [3.8, 4) is 0 Å². The van der Waals surface area contributed by atoms with Crippen LogP contribution in [0.4, 0.5) is 0 Å². The minimum atomic E-state index is 0. The van der Waals surface area contributed by atoms with Gasteiger partial charge >= 0.3 is 21.1 Å². The van der Waals surface area contributed by atoms with Gasteiger partial charge in [0.1, 0.15) is 0 Å². The summed E-state index contributed by atoms with van der Waals surface area (Å²) in [5, 5.41) is 0. The third kappa shape index (κ3) is 5.25. The molecule has 2 aliphatic rings. The Morgan fingerprint density at radius 1 is 0.512 bits per heavy atom. The van der Waals surface area contributed by atoms with Gasteiger partial charge in [-0.25, -0.2) is 9.97 Å². The fourth-order valence-corrected chi connectivity index (χ4v) is 6.70. The summed E-state index contributed by atoms with van der Waals surface area (Å²) in [6.07, 6.45) is 8.43.